The minimum atomic E-state index is -1.04. The van der Waals surface area contributed by atoms with E-state index >= 15 is 0 Å². The van der Waals surface area contributed by atoms with Crippen LogP contribution in [0.15, 0.2) is 73.2 Å². The van der Waals surface area contributed by atoms with Crippen molar-refractivity contribution in [3.05, 3.63) is 106 Å². The highest BCUT2D eigenvalue weighted by atomic mass is 32.1. The van der Waals surface area contributed by atoms with E-state index < -0.39 is 29.7 Å². The molecule has 1 fully saturated rings. The maximum Gasteiger partial charge on any atom is 0.276 e. The molecule has 0 aliphatic carbocycles. The smallest absolute Gasteiger partial charge is 0.276 e. The molecule has 2 aromatic heterocycles. The minimum absolute atomic E-state index is 0.0486. The highest BCUT2D eigenvalue weighted by Crippen LogP contribution is 2.37. The van der Waals surface area contributed by atoms with Gasteiger partial charge in [-0.2, -0.15) is 0 Å². The fourth-order valence-electron chi connectivity index (χ4n) is 7.51. The molecule has 3 N–H and O–H groups in total. The van der Waals surface area contributed by atoms with Gasteiger partial charge in [0.1, 0.15) is 24.1 Å². The van der Waals surface area contributed by atoms with Gasteiger partial charge in [0, 0.05) is 48.4 Å². The van der Waals surface area contributed by atoms with E-state index in [0.29, 0.717) is 35.4 Å². The summed E-state index contributed by atoms with van der Waals surface area (Å²) >= 11 is 1.41. The van der Waals surface area contributed by atoms with Crippen molar-refractivity contribution in [2.75, 3.05) is 48.4 Å². The van der Waals surface area contributed by atoms with E-state index in [4.69, 9.17) is 14.5 Å². The number of imide groups is 2. The molecule has 302 valence electrons. The number of hydrogen-bond acceptors (Lipinski definition) is 12. The molecule has 59 heavy (non-hydrogen) atoms. The fourth-order valence-corrected chi connectivity index (χ4v) is 8.37. The molecular weight excluding hydrogens is 777 g/mol. The number of aromatic nitrogens is 3. The molecule has 0 saturated carbocycles. The first-order chi connectivity index (χ1) is 28.5. The molecule has 0 radical (unpaired) electrons. The topological polar surface area (TPSA) is 194 Å². The Kier molecular flexibility index (Phi) is 11.0. The van der Waals surface area contributed by atoms with Crippen molar-refractivity contribution < 1.29 is 38.2 Å². The second-order valence-corrected chi connectivity index (χ2v) is 15.5. The number of nitrogens with one attached hydrogen (secondary N) is 3. The van der Waals surface area contributed by atoms with E-state index in [-0.39, 0.29) is 62.0 Å². The molecular formula is C42H40N8O8S. The lowest BCUT2D eigenvalue weighted by atomic mass is 10.0. The summed E-state index contributed by atoms with van der Waals surface area (Å²) in [5.41, 5.74) is 5.78. The zero-order valence-corrected chi connectivity index (χ0v) is 33.1. The molecule has 0 spiro atoms. The van der Waals surface area contributed by atoms with Gasteiger partial charge in [-0.05, 0) is 67.3 Å². The van der Waals surface area contributed by atoms with E-state index in [9.17, 15) is 28.8 Å². The fraction of sp³-hybridized carbons (Fsp3) is 0.286. The van der Waals surface area contributed by atoms with Crippen LogP contribution in [0.3, 0.4) is 0 Å². The number of nitrogens with zero attached hydrogens (tertiary/aromatic N) is 5. The Morgan fingerprint density at radius 3 is 2.64 bits per heavy atom. The SMILES string of the molecule is Cc1sc(NC(=O)Cc2cccc(OCCOCCNc3cccc4c3C(=O)N(C3CCC(=O)NC3=O)C4=O)c2)nc1-c1ccc2c(c1)CCN2C(=O)c1cncn1C. The van der Waals surface area contributed by atoms with Crippen LogP contribution in [0, 0.1) is 6.92 Å². The highest BCUT2D eigenvalue weighted by molar-refractivity contribution is 7.16. The summed E-state index contributed by atoms with van der Waals surface area (Å²) in [5.74, 6) is -1.95. The standard InChI is InChI=1S/C42H40N8O8S/c1-24-37(27-9-10-31-26(21-27)13-15-49(31)40(55)33-22-43-23-48(33)2)47-42(59-24)46-35(52)20-25-5-3-6-28(19-25)58-18-17-57-16-14-44-30-8-4-7-29-36(30)41(56)50(39(29)54)32-11-12-34(51)45-38(32)53/h3-10,19,21-23,32,44H,11-18,20H2,1-2H3,(H,45,51,53)(H,46,47,52). The highest BCUT2D eigenvalue weighted by Gasteiger charge is 2.45. The quantitative estimate of drug-likeness (QED) is 0.108. The van der Waals surface area contributed by atoms with Gasteiger partial charge in [-0.15, -0.1) is 11.3 Å². The number of carbonyl (C=O) groups is 6. The van der Waals surface area contributed by atoms with Crippen LogP contribution in [0.5, 0.6) is 5.75 Å². The van der Waals surface area contributed by atoms with Gasteiger partial charge in [-0.25, -0.2) is 9.97 Å². The molecule has 6 amide bonds. The second-order valence-electron chi connectivity index (χ2n) is 14.3. The third kappa shape index (κ3) is 8.06. The van der Waals surface area contributed by atoms with Gasteiger partial charge in [-0.3, -0.25) is 39.0 Å². The normalized spacial score (nSPS) is 15.9. The Labute approximate surface area is 342 Å². The lowest BCUT2D eigenvalue weighted by molar-refractivity contribution is -0.136. The van der Waals surface area contributed by atoms with Crippen molar-refractivity contribution in [1.82, 2.24) is 24.8 Å². The van der Waals surface area contributed by atoms with Crippen molar-refractivity contribution in [2.24, 2.45) is 7.05 Å². The van der Waals surface area contributed by atoms with Gasteiger partial charge in [0.05, 0.1) is 49.0 Å². The molecule has 17 heteroatoms. The van der Waals surface area contributed by atoms with Crippen molar-refractivity contribution >= 4 is 63.3 Å². The zero-order chi connectivity index (χ0) is 41.2. The largest absolute Gasteiger partial charge is 0.491 e. The number of piperidine rings is 1. The number of ether oxygens (including phenoxy) is 2. The van der Waals surface area contributed by atoms with Crippen LogP contribution in [0.2, 0.25) is 0 Å². The Balaban J connectivity index is 0.782. The summed E-state index contributed by atoms with van der Waals surface area (Å²) in [5, 5.41) is 8.78. The number of rotatable bonds is 14. The average molecular weight is 817 g/mol. The number of benzene rings is 3. The number of thiazole rings is 1. The molecule has 16 nitrogen and oxygen atoms in total. The summed E-state index contributed by atoms with van der Waals surface area (Å²) < 4.78 is 13.3. The molecule has 1 atom stereocenters. The van der Waals surface area contributed by atoms with Crippen LogP contribution >= 0.6 is 11.3 Å². The molecule has 1 unspecified atom stereocenters. The van der Waals surface area contributed by atoms with Crippen molar-refractivity contribution in [3.63, 3.8) is 0 Å². The average Bonchev–Trinajstić information content (AvgIpc) is 3.99. The molecule has 5 heterocycles. The number of aryl methyl sites for hydroxylation is 2. The first-order valence-electron chi connectivity index (χ1n) is 19.1. The first kappa shape index (κ1) is 39.1. The van der Waals surface area contributed by atoms with Crippen LogP contribution in [0.25, 0.3) is 11.3 Å². The van der Waals surface area contributed by atoms with E-state index in [0.717, 1.165) is 44.3 Å². The van der Waals surface area contributed by atoms with E-state index in [1.807, 2.05) is 31.2 Å². The molecule has 3 aliphatic rings. The number of imidazole rings is 1. The molecule has 0 bridgehead atoms. The molecule has 1 saturated heterocycles. The second kappa shape index (κ2) is 16.6. The van der Waals surface area contributed by atoms with Gasteiger partial charge in [0.15, 0.2) is 5.13 Å². The molecule has 5 aromatic rings. The van der Waals surface area contributed by atoms with Crippen LogP contribution in [-0.2, 0) is 39.0 Å². The van der Waals surface area contributed by atoms with Crippen LogP contribution in [-0.4, -0.2) is 93.8 Å². The van der Waals surface area contributed by atoms with Gasteiger partial charge in [0.25, 0.3) is 17.7 Å². The summed E-state index contributed by atoms with van der Waals surface area (Å²) in [4.78, 5) is 89.1. The van der Waals surface area contributed by atoms with Gasteiger partial charge < -0.3 is 29.6 Å². The van der Waals surface area contributed by atoms with Crippen molar-refractivity contribution in [2.45, 2.75) is 38.6 Å². The number of anilines is 3. The van der Waals surface area contributed by atoms with Gasteiger partial charge in [0.2, 0.25) is 17.7 Å². The predicted molar refractivity (Wildman–Crippen MR) is 218 cm³/mol. The lowest BCUT2D eigenvalue weighted by Crippen LogP contribution is -2.54. The van der Waals surface area contributed by atoms with Gasteiger partial charge >= 0.3 is 0 Å². The minimum Gasteiger partial charge on any atom is -0.491 e. The van der Waals surface area contributed by atoms with Crippen LogP contribution in [0.4, 0.5) is 16.5 Å². The van der Waals surface area contributed by atoms with Crippen molar-refractivity contribution in [3.8, 4) is 17.0 Å². The predicted octanol–water partition coefficient (Wildman–Crippen LogP) is 4.14. The summed E-state index contributed by atoms with van der Waals surface area (Å²) in [6.07, 6.45) is 4.18. The zero-order valence-electron chi connectivity index (χ0n) is 32.3. The Hall–Kier alpha value is -6.72. The van der Waals surface area contributed by atoms with E-state index in [2.05, 4.69) is 27.0 Å². The number of carbonyl (C=O) groups excluding carboxylic acids is 6. The van der Waals surface area contributed by atoms with E-state index in [1.165, 1.54) is 11.3 Å². The summed E-state index contributed by atoms with van der Waals surface area (Å²) in [6, 6.07) is 17.1. The Morgan fingerprint density at radius 2 is 1.83 bits per heavy atom. The van der Waals surface area contributed by atoms with Crippen molar-refractivity contribution in [1.29, 1.82) is 0 Å². The third-order valence-electron chi connectivity index (χ3n) is 10.4. The van der Waals surface area contributed by atoms with Crippen LogP contribution in [0.1, 0.15) is 60.1 Å². The Morgan fingerprint density at radius 1 is 0.983 bits per heavy atom. The first-order valence-corrected chi connectivity index (χ1v) is 19.9. The maximum atomic E-state index is 13.3. The maximum absolute atomic E-state index is 13.3. The summed E-state index contributed by atoms with van der Waals surface area (Å²) in [6.45, 7) is 3.70. The number of amides is 6. The Bertz CT molecular complexity index is 2510. The number of hydrogen-bond donors (Lipinski definition) is 3. The molecule has 3 aliphatic heterocycles. The monoisotopic (exact) mass is 816 g/mol. The van der Waals surface area contributed by atoms with Crippen LogP contribution < -0.4 is 25.6 Å². The molecule has 3 aromatic carbocycles. The van der Waals surface area contributed by atoms with Gasteiger partial charge in [-0.1, -0.05) is 24.3 Å². The third-order valence-corrected chi connectivity index (χ3v) is 11.2. The van der Waals surface area contributed by atoms with E-state index in [1.54, 1.807) is 59.4 Å². The number of fused-ring (bicyclic) bond motifs is 2. The summed E-state index contributed by atoms with van der Waals surface area (Å²) in [7, 11) is 1.80. The lowest BCUT2D eigenvalue weighted by Gasteiger charge is -2.27. The molecule has 8 rings (SSSR count).